The van der Waals surface area contributed by atoms with E-state index < -0.39 is 0 Å². The quantitative estimate of drug-likeness (QED) is 0.533. The van der Waals surface area contributed by atoms with Gasteiger partial charge in [0.05, 0.1) is 23.0 Å². The van der Waals surface area contributed by atoms with Crippen LogP contribution >= 0.6 is 0 Å². The molecular weight excluding hydrogens is 395 g/mol. The summed E-state index contributed by atoms with van der Waals surface area (Å²) in [5.74, 6) is -0.463. The molecule has 1 heterocycles. The molecule has 0 radical (unpaired) electrons. The second kappa shape index (κ2) is 9.67. The largest absolute Gasteiger partial charge is 0.378 e. The number of carbonyl (C=O) groups excluding carboxylic acids is 2. The highest BCUT2D eigenvalue weighted by atomic mass is 19.1. The van der Waals surface area contributed by atoms with Crippen LogP contribution in [0.5, 0.6) is 0 Å². The molecule has 158 valence electrons. The third kappa shape index (κ3) is 4.78. The van der Waals surface area contributed by atoms with Gasteiger partial charge < -0.3 is 15.0 Å². The van der Waals surface area contributed by atoms with Crippen LogP contribution in [-0.2, 0) is 11.3 Å². The van der Waals surface area contributed by atoms with Crippen molar-refractivity contribution in [2.75, 3.05) is 19.0 Å². The Kier molecular flexibility index (Phi) is 6.77. The summed E-state index contributed by atoms with van der Waals surface area (Å²) in [6.07, 6.45) is 1.67. The van der Waals surface area contributed by atoms with E-state index in [1.54, 1.807) is 29.1 Å². The first-order valence-corrected chi connectivity index (χ1v) is 9.59. The van der Waals surface area contributed by atoms with Crippen LogP contribution in [0.1, 0.15) is 15.9 Å². The van der Waals surface area contributed by atoms with E-state index in [1.807, 2.05) is 62.2 Å². The minimum Gasteiger partial charge on any atom is -0.378 e. The normalized spacial score (nSPS) is 10.3. The first kappa shape index (κ1) is 21.7. The van der Waals surface area contributed by atoms with Crippen LogP contribution in [0.2, 0.25) is 0 Å². The van der Waals surface area contributed by atoms with Crippen LogP contribution < -0.4 is 10.2 Å². The number of anilines is 1. The summed E-state index contributed by atoms with van der Waals surface area (Å²) in [7, 11) is 3.98. The molecule has 0 aliphatic carbocycles. The van der Waals surface area contributed by atoms with Gasteiger partial charge in [-0.1, -0.05) is 18.2 Å². The van der Waals surface area contributed by atoms with Crippen molar-refractivity contribution >= 4 is 29.3 Å². The zero-order chi connectivity index (χ0) is 22.4. The number of rotatable bonds is 5. The van der Waals surface area contributed by atoms with E-state index in [2.05, 4.69) is 10.4 Å². The Morgan fingerprint density at radius 2 is 1.71 bits per heavy atom. The Morgan fingerprint density at radius 3 is 2.35 bits per heavy atom. The van der Waals surface area contributed by atoms with Gasteiger partial charge in [-0.2, -0.15) is 5.10 Å². The zero-order valence-electron chi connectivity index (χ0n) is 17.4. The zero-order valence-corrected chi connectivity index (χ0v) is 17.4. The van der Waals surface area contributed by atoms with Crippen LogP contribution in [0.15, 0.2) is 72.9 Å². The molecule has 3 aromatic carbocycles. The summed E-state index contributed by atoms with van der Waals surface area (Å²) in [6.45, 7) is 2.44. The highest BCUT2D eigenvalue weighted by Crippen LogP contribution is 2.22. The Hall–Kier alpha value is -4.00. The van der Waals surface area contributed by atoms with Gasteiger partial charge in [-0.25, -0.2) is 9.07 Å². The molecule has 0 bridgehead atoms. The van der Waals surface area contributed by atoms with Crippen molar-refractivity contribution in [1.82, 2.24) is 15.1 Å². The molecule has 0 saturated carbocycles. The smallest absolute Gasteiger partial charge is 0.252 e. The molecule has 7 heteroatoms. The maximum absolute atomic E-state index is 13.2. The molecule has 1 amide bonds. The third-order valence-electron chi connectivity index (χ3n) is 4.84. The Morgan fingerprint density at radius 1 is 1.03 bits per heavy atom. The number of amides is 1. The van der Waals surface area contributed by atoms with Crippen molar-refractivity contribution in [3.05, 3.63) is 89.9 Å². The summed E-state index contributed by atoms with van der Waals surface area (Å²) >= 11 is 0. The Labute approximate surface area is 179 Å². The second-order valence-electron chi connectivity index (χ2n) is 7.01. The Balaban J connectivity index is 0.00000132. The molecule has 1 aromatic heterocycles. The van der Waals surface area contributed by atoms with Crippen molar-refractivity contribution in [1.29, 1.82) is 0 Å². The van der Waals surface area contributed by atoms with Gasteiger partial charge >= 0.3 is 0 Å². The first-order valence-electron chi connectivity index (χ1n) is 9.59. The maximum Gasteiger partial charge on any atom is 0.252 e. The van der Waals surface area contributed by atoms with Gasteiger partial charge in [0.15, 0.2) is 0 Å². The van der Waals surface area contributed by atoms with E-state index in [0.29, 0.717) is 12.1 Å². The minimum absolute atomic E-state index is 0.161. The summed E-state index contributed by atoms with van der Waals surface area (Å²) in [6, 6.07) is 19.6. The highest BCUT2D eigenvalue weighted by molar-refractivity contribution is 6.06. The molecule has 0 fully saturated rings. The van der Waals surface area contributed by atoms with Crippen molar-refractivity contribution in [2.45, 2.75) is 6.54 Å². The van der Waals surface area contributed by atoms with Gasteiger partial charge in [-0.3, -0.25) is 4.79 Å². The average molecular weight is 418 g/mol. The molecule has 4 rings (SSSR count). The highest BCUT2D eigenvalue weighted by Gasteiger charge is 2.14. The van der Waals surface area contributed by atoms with E-state index in [1.165, 1.54) is 12.1 Å². The van der Waals surface area contributed by atoms with Gasteiger partial charge in [0, 0.05) is 31.7 Å². The molecule has 31 heavy (non-hydrogen) atoms. The minimum atomic E-state index is -0.302. The fourth-order valence-corrected chi connectivity index (χ4v) is 3.23. The van der Waals surface area contributed by atoms with Crippen LogP contribution in [-0.4, -0.2) is 36.6 Å². The predicted molar refractivity (Wildman–Crippen MR) is 120 cm³/mol. The fraction of sp³-hybridized carbons (Fsp3) is 0.125. The molecule has 0 aliphatic rings. The van der Waals surface area contributed by atoms with Crippen LogP contribution in [0.25, 0.3) is 16.6 Å². The van der Waals surface area contributed by atoms with E-state index in [-0.39, 0.29) is 11.7 Å². The lowest BCUT2D eigenvalue weighted by molar-refractivity contribution is -0.0980. The lowest BCUT2D eigenvalue weighted by atomic mass is 10.1. The van der Waals surface area contributed by atoms with Crippen LogP contribution in [0, 0.1) is 5.82 Å². The lowest BCUT2D eigenvalue weighted by Gasteiger charge is -2.13. The molecule has 6 nitrogen and oxygen atoms in total. The SMILES string of the molecule is C=O.CN(C)c1ccc(CNC(=O)c2cccc3c2cnn3-c2ccc(F)cc2)cc1. The van der Waals surface area contributed by atoms with E-state index in [4.69, 9.17) is 4.79 Å². The number of fused-ring (bicyclic) bond motifs is 1. The fourth-order valence-electron chi connectivity index (χ4n) is 3.23. The monoisotopic (exact) mass is 418 g/mol. The van der Waals surface area contributed by atoms with Gasteiger partial charge in [-0.05, 0) is 54.1 Å². The Bertz CT molecular complexity index is 1170. The molecule has 0 atom stereocenters. The van der Waals surface area contributed by atoms with E-state index in [0.717, 1.165) is 27.8 Å². The summed E-state index contributed by atoms with van der Waals surface area (Å²) in [4.78, 5) is 22.8. The van der Waals surface area contributed by atoms with E-state index >= 15 is 0 Å². The molecule has 1 N–H and O–H groups in total. The van der Waals surface area contributed by atoms with Gasteiger partial charge in [0.25, 0.3) is 5.91 Å². The first-order chi connectivity index (χ1) is 15.0. The van der Waals surface area contributed by atoms with Crippen LogP contribution in [0.3, 0.4) is 0 Å². The molecule has 0 aliphatic heterocycles. The van der Waals surface area contributed by atoms with Gasteiger partial charge in [0.2, 0.25) is 0 Å². The second-order valence-corrected chi connectivity index (χ2v) is 7.01. The molecule has 0 spiro atoms. The van der Waals surface area contributed by atoms with Crippen molar-refractivity contribution in [2.24, 2.45) is 0 Å². The molecular formula is C24H23FN4O2. The number of nitrogens with zero attached hydrogens (tertiary/aromatic N) is 3. The molecule has 0 unspecified atom stereocenters. The van der Waals surface area contributed by atoms with E-state index in [9.17, 15) is 9.18 Å². The van der Waals surface area contributed by atoms with Crippen molar-refractivity contribution in [3.8, 4) is 5.69 Å². The maximum atomic E-state index is 13.2. The standard InChI is InChI=1S/C23H21FN4O.CH2O/c1-27(2)18-10-6-16(7-11-18)14-25-23(29)20-4-3-5-22-21(20)15-26-28(22)19-12-8-17(24)9-13-19;1-2/h3-13,15H,14H2,1-2H3,(H,25,29);1H2. The predicted octanol–water partition coefficient (Wildman–Crippen LogP) is 3.98. The van der Waals surface area contributed by atoms with Gasteiger partial charge in [-0.15, -0.1) is 0 Å². The number of hydrogen-bond acceptors (Lipinski definition) is 4. The topological polar surface area (TPSA) is 67.2 Å². The number of carbonyl (C=O) groups is 2. The molecule has 4 aromatic rings. The number of halogens is 1. The average Bonchev–Trinajstić information content (AvgIpc) is 3.24. The van der Waals surface area contributed by atoms with Crippen molar-refractivity contribution < 1.29 is 14.0 Å². The number of nitrogens with one attached hydrogen (secondary N) is 1. The lowest BCUT2D eigenvalue weighted by Crippen LogP contribution is -2.23. The third-order valence-corrected chi connectivity index (χ3v) is 4.84. The summed E-state index contributed by atoms with van der Waals surface area (Å²) < 4.78 is 14.9. The number of aromatic nitrogens is 2. The summed E-state index contributed by atoms with van der Waals surface area (Å²) in [5, 5.41) is 8.11. The molecule has 0 saturated heterocycles. The van der Waals surface area contributed by atoms with Gasteiger partial charge in [0.1, 0.15) is 12.6 Å². The summed E-state index contributed by atoms with van der Waals surface area (Å²) in [5.41, 5.74) is 4.22. The van der Waals surface area contributed by atoms with Crippen molar-refractivity contribution in [3.63, 3.8) is 0 Å². The number of hydrogen-bond donors (Lipinski definition) is 1. The van der Waals surface area contributed by atoms with Crippen LogP contribution in [0.4, 0.5) is 10.1 Å². The number of benzene rings is 3.